The maximum atomic E-state index is 12.5. The van der Waals surface area contributed by atoms with E-state index in [1.165, 1.54) is 18.4 Å². The molecule has 2 aliphatic rings. The lowest BCUT2D eigenvalue weighted by molar-refractivity contribution is -0.141. The Morgan fingerprint density at radius 3 is 2.63 bits per heavy atom. The average Bonchev–Trinajstić information content (AvgIpc) is 3.14. The van der Waals surface area contributed by atoms with Gasteiger partial charge in [0.25, 0.3) is 0 Å². The molecule has 146 valence electrons. The SMILES string of the molecule is CC(C)(C(=O)NCCC1=CCCCC1)C(=O)NCc1ccc2c(c1)OCO2. The third kappa shape index (κ3) is 4.81. The van der Waals surface area contributed by atoms with E-state index < -0.39 is 5.41 Å². The van der Waals surface area contributed by atoms with E-state index in [0.717, 1.165) is 24.8 Å². The number of fused-ring (bicyclic) bond motifs is 1. The fraction of sp³-hybridized carbons (Fsp3) is 0.524. The largest absolute Gasteiger partial charge is 0.454 e. The first kappa shape index (κ1) is 19.3. The van der Waals surface area contributed by atoms with Gasteiger partial charge in [0.2, 0.25) is 18.6 Å². The summed E-state index contributed by atoms with van der Waals surface area (Å²) < 4.78 is 10.6. The highest BCUT2D eigenvalue weighted by atomic mass is 16.7. The van der Waals surface area contributed by atoms with E-state index in [9.17, 15) is 9.59 Å². The van der Waals surface area contributed by atoms with Gasteiger partial charge in [-0.2, -0.15) is 0 Å². The molecular weight excluding hydrogens is 344 g/mol. The van der Waals surface area contributed by atoms with Crippen LogP contribution in [-0.2, 0) is 16.1 Å². The zero-order valence-corrected chi connectivity index (χ0v) is 16.1. The van der Waals surface area contributed by atoms with Crippen LogP contribution in [0.5, 0.6) is 11.5 Å². The lowest BCUT2D eigenvalue weighted by atomic mass is 9.90. The van der Waals surface area contributed by atoms with Crippen LogP contribution >= 0.6 is 0 Å². The summed E-state index contributed by atoms with van der Waals surface area (Å²) in [6.07, 6.45) is 7.88. The Bertz CT molecular complexity index is 740. The molecule has 1 aromatic rings. The molecule has 0 bridgehead atoms. The van der Waals surface area contributed by atoms with Crippen LogP contribution in [0.2, 0.25) is 0 Å². The minimum absolute atomic E-state index is 0.218. The van der Waals surface area contributed by atoms with Gasteiger partial charge in [-0.05, 0) is 63.6 Å². The van der Waals surface area contributed by atoms with Crippen molar-refractivity contribution in [2.24, 2.45) is 5.41 Å². The van der Waals surface area contributed by atoms with Crippen molar-refractivity contribution in [1.29, 1.82) is 0 Å². The molecule has 27 heavy (non-hydrogen) atoms. The van der Waals surface area contributed by atoms with Crippen LogP contribution in [0.4, 0.5) is 0 Å². The molecule has 0 aromatic heterocycles. The van der Waals surface area contributed by atoms with Gasteiger partial charge in [-0.3, -0.25) is 9.59 Å². The van der Waals surface area contributed by atoms with Gasteiger partial charge < -0.3 is 20.1 Å². The van der Waals surface area contributed by atoms with Gasteiger partial charge in [0.05, 0.1) is 0 Å². The molecule has 6 nitrogen and oxygen atoms in total. The molecule has 0 fully saturated rings. The Balaban J connectivity index is 1.47. The van der Waals surface area contributed by atoms with E-state index in [0.29, 0.717) is 24.6 Å². The van der Waals surface area contributed by atoms with Crippen LogP contribution < -0.4 is 20.1 Å². The van der Waals surface area contributed by atoms with Gasteiger partial charge in [0.1, 0.15) is 5.41 Å². The predicted molar refractivity (Wildman–Crippen MR) is 102 cm³/mol. The van der Waals surface area contributed by atoms with E-state index in [-0.39, 0.29) is 18.6 Å². The quantitative estimate of drug-likeness (QED) is 0.570. The van der Waals surface area contributed by atoms with E-state index in [4.69, 9.17) is 9.47 Å². The maximum absolute atomic E-state index is 12.5. The van der Waals surface area contributed by atoms with Crippen molar-refractivity contribution in [3.05, 3.63) is 35.4 Å². The smallest absolute Gasteiger partial charge is 0.235 e. The molecule has 0 saturated heterocycles. The molecule has 1 aliphatic heterocycles. The van der Waals surface area contributed by atoms with Crippen molar-refractivity contribution >= 4 is 11.8 Å². The number of ether oxygens (including phenoxy) is 2. The molecule has 2 amide bonds. The van der Waals surface area contributed by atoms with Crippen LogP contribution in [0, 0.1) is 5.41 Å². The lowest BCUT2D eigenvalue weighted by Gasteiger charge is -2.23. The van der Waals surface area contributed by atoms with Crippen molar-refractivity contribution in [1.82, 2.24) is 10.6 Å². The molecule has 0 unspecified atom stereocenters. The molecule has 3 rings (SSSR count). The summed E-state index contributed by atoms with van der Waals surface area (Å²) in [5.41, 5.74) is 1.18. The normalized spacial score (nSPS) is 15.9. The van der Waals surface area contributed by atoms with Crippen LogP contribution in [0.3, 0.4) is 0 Å². The molecular formula is C21H28N2O4. The van der Waals surface area contributed by atoms with Crippen LogP contribution in [0.1, 0.15) is 51.5 Å². The van der Waals surface area contributed by atoms with Crippen molar-refractivity contribution in [2.45, 2.75) is 52.5 Å². The van der Waals surface area contributed by atoms with Crippen LogP contribution in [-0.4, -0.2) is 25.2 Å². The molecule has 6 heteroatoms. The molecule has 1 aliphatic carbocycles. The highest BCUT2D eigenvalue weighted by molar-refractivity contribution is 6.04. The number of carbonyl (C=O) groups excluding carboxylic acids is 2. The molecule has 2 N–H and O–H groups in total. The average molecular weight is 372 g/mol. The minimum Gasteiger partial charge on any atom is -0.454 e. The monoisotopic (exact) mass is 372 g/mol. The second-order valence-electron chi connectivity index (χ2n) is 7.61. The van der Waals surface area contributed by atoms with Crippen molar-refractivity contribution < 1.29 is 19.1 Å². The molecule has 0 radical (unpaired) electrons. The van der Waals surface area contributed by atoms with Crippen molar-refractivity contribution in [2.75, 3.05) is 13.3 Å². The number of allylic oxidation sites excluding steroid dienone is 1. The van der Waals surface area contributed by atoms with E-state index in [1.54, 1.807) is 13.8 Å². The number of hydrogen-bond donors (Lipinski definition) is 2. The van der Waals surface area contributed by atoms with Crippen molar-refractivity contribution in [3.8, 4) is 11.5 Å². The number of hydrogen-bond acceptors (Lipinski definition) is 4. The topological polar surface area (TPSA) is 76.7 Å². The number of benzene rings is 1. The molecule has 1 aromatic carbocycles. The Hall–Kier alpha value is -2.50. The first-order chi connectivity index (χ1) is 13.0. The summed E-state index contributed by atoms with van der Waals surface area (Å²) in [5, 5.41) is 5.75. The molecule has 1 heterocycles. The second kappa shape index (κ2) is 8.46. The van der Waals surface area contributed by atoms with Gasteiger partial charge >= 0.3 is 0 Å². The first-order valence-corrected chi connectivity index (χ1v) is 9.60. The van der Waals surface area contributed by atoms with E-state index in [2.05, 4.69) is 16.7 Å². The van der Waals surface area contributed by atoms with Crippen LogP contribution in [0.25, 0.3) is 0 Å². The third-order valence-electron chi connectivity index (χ3n) is 5.14. The summed E-state index contributed by atoms with van der Waals surface area (Å²) in [5.74, 6) is 0.838. The Morgan fingerprint density at radius 1 is 1.07 bits per heavy atom. The lowest BCUT2D eigenvalue weighted by Crippen LogP contribution is -2.47. The van der Waals surface area contributed by atoms with Crippen molar-refractivity contribution in [3.63, 3.8) is 0 Å². The Labute approximate surface area is 160 Å². The standard InChI is InChI=1S/C21H28N2O4/c1-21(2,19(24)22-11-10-15-6-4-3-5-7-15)20(25)23-13-16-8-9-17-18(12-16)27-14-26-17/h6,8-9,12H,3-5,7,10-11,13-14H2,1-2H3,(H,22,24)(H,23,25). The maximum Gasteiger partial charge on any atom is 0.235 e. The Kier molecular flexibility index (Phi) is 6.04. The number of amides is 2. The molecule has 0 atom stereocenters. The van der Waals surface area contributed by atoms with Gasteiger partial charge in [0, 0.05) is 13.1 Å². The van der Waals surface area contributed by atoms with Gasteiger partial charge in [0.15, 0.2) is 11.5 Å². The summed E-state index contributed by atoms with van der Waals surface area (Å²) in [6, 6.07) is 5.54. The van der Waals surface area contributed by atoms with E-state index >= 15 is 0 Å². The van der Waals surface area contributed by atoms with Gasteiger partial charge in [-0.15, -0.1) is 0 Å². The first-order valence-electron chi connectivity index (χ1n) is 9.60. The zero-order valence-electron chi connectivity index (χ0n) is 16.1. The molecule has 0 spiro atoms. The number of carbonyl (C=O) groups is 2. The highest BCUT2D eigenvalue weighted by Gasteiger charge is 2.35. The number of rotatable bonds is 7. The zero-order chi connectivity index (χ0) is 19.3. The van der Waals surface area contributed by atoms with Crippen LogP contribution in [0.15, 0.2) is 29.8 Å². The summed E-state index contributed by atoms with van der Waals surface area (Å²) in [6.45, 7) is 4.42. The number of nitrogens with one attached hydrogen (secondary N) is 2. The summed E-state index contributed by atoms with van der Waals surface area (Å²) in [4.78, 5) is 25.0. The second-order valence-corrected chi connectivity index (χ2v) is 7.61. The Morgan fingerprint density at radius 2 is 1.85 bits per heavy atom. The summed E-state index contributed by atoms with van der Waals surface area (Å²) >= 11 is 0. The van der Waals surface area contributed by atoms with Gasteiger partial charge in [-0.25, -0.2) is 0 Å². The summed E-state index contributed by atoms with van der Waals surface area (Å²) in [7, 11) is 0. The minimum atomic E-state index is -1.13. The highest BCUT2D eigenvalue weighted by Crippen LogP contribution is 2.32. The third-order valence-corrected chi connectivity index (χ3v) is 5.14. The molecule has 0 saturated carbocycles. The van der Waals surface area contributed by atoms with Gasteiger partial charge in [-0.1, -0.05) is 17.7 Å². The fourth-order valence-corrected chi connectivity index (χ4v) is 3.25. The predicted octanol–water partition coefficient (Wildman–Crippen LogP) is 3.06. The fourth-order valence-electron chi connectivity index (χ4n) is 3.25. The van der Waals surface area contributed by atoms with E-state index in [1.807, 2.05) is 18.2 Å².